The minimum atomic E-state index is -10.3. The van der Waals surface area contributed by atoms with Crippen molar-refractivity contribution < 1.29 is 57.4 Å². The SMILES string of the molecule is CCCCOc1cc(C(=O)Nc2ccc(S(F)(F)(F)(F)F)cc2NC(=O)c2cc(OCCCC)c(OCCCC)c(OCCCC)c2)cc(OCCCC)c1OCCCC. The highest BCUT2D eigenvalue weighted by Crippen LogP contribution is 3.02. The Hall–Kier alpha value is -4.60. The molecule has 0 spiro atoms. The first-order chi connectivity index (χ1) is 28.5. The highest BCUT2D eigenvalue weighted by atomic mass is 32.5. The van der Waals surface area contributed by atoms with E-state index in [4.69, 9.17) is 28.4 Å². The number of anilines is 2. The number of rotatable bonds is 29. The lowest BCUT2D eigenvalue weighted by molar-refractivity contribution is 0.101. The molecular weight excluding hydrogens is 812 g/mol. The Morgan fingerprint density at radius 3 is 1.05 bits per heavy atom. The molecule has 60 heavy (non-hydrogen) atoms. The van der Waals surface area contributed by atoms with Crippen LogP contribution in [0.5, 0.6) is 34.5 Å². The van der Waals surface area contributed by atoms with E-state index in [0.717, 1.165) is 51.4 Å². The number of amides is 2. The van der Waals surface area contributed by atoms with Gasteiger partial charge in [-0.15, -0.1) is 0 Å². The standard InChI is InChI=1S/C44H63F5N2O8S/c1-7-13-21-54-37-27-32(28-38(55-22-14-8-2)41(37)58-25-17-11-5)43(52)50-35-20-19-34(60(45,46,47,48)49)31-36(35)51-44(53)33-29-39(56-23-15-9-3)42(59-26-18-12-6)40(30-33)57-24-16-10-4/h19-20,27-31H,7-18,21-26H2,1-6H3,(H,50,52)(H,51,53). The molecule has 2 N–H and O–H groups in total. The molecule has 0 radical (unpaired) electrons. The maximum atomic E-state index is 14.2. The predicted octanol–water partition coefficient (Wildman–Crippen LogP) is 13.9. The van der Waals surface area contributed by atoms with Gasteiger partial charge in [0.15, 0.2) is 23.0 Å². The third-order valence-electron chi connectivity index (χ3n) is 9.01. The van der Waals surface area contributed by atoms with Crippen molar-refractivity contribution in [3.05, 3.63) is 53.6 Å². The Kier molecular flexibility index (Phi) is 18.9. The fourth-order valence-corrected chi connectivity index (χ4v) is 6.10. The van der Waals surface area contributed by atoms with Gasteiger partial charge in [0, 0.05) is 11.1 Å². The first kappa shape index (κ1) is 49.8. The van der Waals surface area contributed by atoms with Crippen molar-refractivity contribution in [3.63, 3.8) is 0 Å². The van der Waals surface area contributed by atoms with E-state index in [1.54, 1.807) is 0 Å². The first-order valence-electron chi connectivity index (χ1n) is 21.1. The zero-order chi connectivity index (χ0) is 44.2. The van der Waals surface area contributed by atoms with Gasteiger partial charge in [0.2, 0.25) is 11.5 Å². The van der Waals surface area contributed by atoms with Crippen LogP contribution in [0.1, 0.15) is 139 Å². The first-order valence-corrected chi connectivity index (χ1v) is 23.1. The summed E-state index contributed by atoms with van der Waals surface area (Å²) in [7, 11) is -10.3. The maximum absolute atomic E-state index is 14.2. The number of ether oxygens (including phenoxy) is 6. The minimum Gasteiger partial charge on any atom is -0.490 e. The lowest BCUT2D eigenvalue weighted by Crippen LogP contribution is -2.19. The van der Waals surface area contributed by atoms with Crippen molar-refractivity contribution >= 4 is 33.4 Å². The highest BCUT2D eigenvalue weighted by molar-refractivity contribution is 8.45. The molecule has 3 aromatic carbocycles. The van der Waals surface area contributed by atoms with Gasteiger partial charge in [0.05, 0.1) is 51.0 Å². The number of nitrogens with one attached hydrogen (secondary N) is 2. The molecule has 10 nitrogen and oxygen atoms in total. The van der Waals surface area contributed by atoms with Gasteiger partial charge in [-0.3, -0.25) is 9.59 Å². The van der Waals surface area contributed by atoms with Crippen LogP contribution in [0, 0.1) is 0 Å². The molecule has 3 rings (SSSR count). The van der Waals surface area contributed by atoms with Gasteiger partial charge in [-0.1, -0.05) is 99.5 Å². The summed E-state index contributed by atoms with van der Waals surface area (Å²) in [5.41, 5.74) is -1.26. The lowest BCUT2D eigenvalue weighted by atomic mass is 10.1. The van der Waals surface area contributed by atoms with Crippen molar-refractivity contribution in [1.29, 1.82) is 0 Å². The molecule has 0 aromatic heterocycles. The molecule has 2 amide bonds. The van der Waals surface area contributed by atoms with Gasteiger partial charge in [0.1, 0.15) is 4.90 Å². The summed E-state index contributed by atoms with van der Waals surface area (Å²) in [5.74, 6) is -0.484. The van der Waals surface area contributed by atoms with Crippen molar-refractivity contribution in [3.8, 4) is 34.5 Å². The Balaban J connectivity index is 2.15. The monoisotopic (exact) mass is 874 g/mol. The fraction of sp³-hybridized carbons (Fsp3) is 0.545. The normalized spacial score (nSPS) is 12.5. The molecular formula is C44H63F5N2O8S. The fourth-order valence-electron chi connectivity index (χ4n) is 5.44. The molecule has 16 heteroatoms. The summed E-state index contributed by atoms with van der Waals surface area (Å²) in [6.45, 7) is 13.7. The molecule has 0 aliphatic rings. The second kappa shape index (κ2) is 22.8. The zero-order valence-corrected chi connectivity index (χ0v) is 36.6. The van der Waals surface area contributed by atoms with Crippen molar-refractivity contribution in [2.24, 2.45) is 0 Å². The maximum Gasteiger partial charge on any atom is 0.310 e. The van der Waals surface area contributed by atoms with E-state index in [9.17, 15) is 29.0 Å². The van der Waals surface area contributed by atoms with Crippen LogP contribution in [0.15, 0.2) is 47.4 Å². The Morgan fingerprint density at radius 2 is 0.750 bits per heavy atom. The average molecular weight is 875 g/mol. The summed E-state index contributed by atoms with van der Waals surface area (Å²) >= 11 is 0. The van der Waals surface area contributed by atoms with E-state index >= 15 is 0 Å². The van der Waals surface area contributed by atoms with E-state index in [1.807, 2.05) is 41.5 Å². The van der Waals surface area contributed by atoms with Gasteiger partial charge < -0.3 is 39.1 Å². The quantitative estimate of drug-likeness (QED) is 0.0524. The van der Waals surface area contributed by atoms with Gasteiger partial charge in [-0.25, -0.2) is 0 Å². The number of carbonyl (C=O) groups excluding carboxylic acids is 2. The van der Waals surface area contributed by atoms with Crippen LogP contribution in [0.25, 0.3) is 0 Å². The third kappa shape index (κ3) is 15.8. The average Bonchev–Trinajstić information content (AvgIpc) is 3.19. The smallest absolute Gasteiger partial charge is 0.310 e. The second-order valence-corrected chi connectivity index (χ2v) is 16.8. The van der Waals surface area contributed by atoms with Crippen molar-refractivity contribution in [2.75, 3.05) is 50.3 Å². The Morgan fingerprint density at radius 1 is 0.450 bits per heavy atom. The molecule has 0 saturated heterocycles. The second-order valence-electron chi connectivity index (χ2n) is 14.4. The van der Waals surface area contributed by atoms with E-state index in [2.05, 4.69) is 10.6 Å². The molecule has 0 atom stereocenters. The third-order valence-corrected chi connectivity index (χ3v) is 10.2. The number of unbranched alkanes of at least 4 members (excludes halogenated alkanes) is 6. The molecule has 0 aliphatic carbocycles. The highest BCUT2D eigenvalue weighted by Gasteiger charge is 2.65. The summed E-state index contributed by atoms with van der Waals surface area (Å²) in [6.07, 6.45) is 9.18. The Labute approximate surface area is 351 Å². The minimum absolute atomic E-state index is 0.0219. The molecule has 3 aromatic rings. The predicted molar refractivity (Wildman–Crippen MR) is 229 cm³/mol. The largest absolute Gasteiger partial charge is 0.490 e. The van der Waals surface area contributed by atoms with Gasteiger partial charge in [-0.2, -0.15) is 0 Å². The van der Waals surface area contributed by atoms with Gasteiger partial charge in [-0.05, 0) is 81.0 Å². The molecule has 0 aliphatic heterocycles. The van der Waals surface area contributed by atoms with Gasteiger partial charge in [0.25, 0.3) is 11.8 Å². The van der Waals surface area contributed by atoms with Crippen LogP contribution in [0.3, 0.4) is 0 Å². The van der Waals surface area contributed by atoms with Crippen molar-refractivity contribution in [2.45, 2.75) is 123 Å². The van der Waals surface area contributed by atoms with Crippen LogP contribution >= 0.6 is 10.2 Å². The number of carbonyl (C=O) groups is 2. The molecule has 0 heterocycles. The summed E-state index contributed by atoms with van der Waals surface area (Å²) in [6, 6.07) is 6.50. The van der Waals surface area contributed by atoms with Crippen LogP contribution in [-0.4, -0.2) is 51.5 Å². The van der Waals surface area contributed by atoms with E-state index in [0.29, 0.717) is 63.9 Å². The van der Waals surface area contributed by atoms with E-state index < -0.39 is 32.6 Å². The molecule has 0 unspecified atom stereocenters. The number of halogens is 5. The van der Waals surface area contributed by atoms with Crippen LogP contribution in [0.2, 0.25) is 0 Å². The van der Waals surface area contributed by atoms with Crippen LogP contribution < -0.4 is 39.1 Å². The number of benzene rings is 3. The summed E-state index contributed by atoms with van der Waals surface area (Å²) < 4.78 is 107. The summed E-state index contributed by atoms with van der Waals surface area (Å²) in [5, 5.41) is 4.83. The number of hydrogen-bond donors (Lipinski definition) is 2. The molecule has 0 saturated carbocycles. The molecule has 0 fully saturated rings. The number of hydrogen-bond acceptors (Lipinski definition) is 8. The van der Waals surface area contributed by atoms with Crippen LogP contribution in [-0.2, 0) is 0 Å². The van der Waals surface area contributed by atoms with E-state index in [1.165, 1.54) is 24.3 Å². The summed E-state index contributed by atoms with van der Waals surface area (Å²) in [4.78, 5) is 25.7. The van der Waals surface area contributed by atoms with Crippen LogP contribution in [0.4, 0.5) is 30.8 Å². The van der Waals surface area contributed by atoms with Gasteiger partial charge >= 0.3 is 10.2 Å². The van der Waals surface area contributed by atoms with Crippen molar-refractivity contribution in [1.82, 2.24) is 0 Å². The molecule has 0 bridgehead atoms. The zero-order valence-electron chi connectivity index (χ0n) is 35.8. The Bertz CT molecular complexity index is 1790. The lowest BCUT2D eigenvalue weighted by Gasteiger charge is -2.40. The van der Waals surface area contributed by atoms with E-state index in [-0.39, 0.29) is 70.9 Å². The topological polar surface area (TPSA) is 114 Å². The molecule has 338 valence electrons.